The highest BCUT2D eigenvalue weighted by atomic mass is 16.5. The third-order valence-corrected chi connectivity index (χ3v) is 7.83. The molecule has 0 spiro atoms. The van der Waals surface area contributed by atoms with E-state index < -0.39 is 23.3 Å². The minimum absolute atomic E-state index is 0.0467. The fraction of sp³-hybridized carbons (Fsp3) is 0.194. The number of aromatic amines is 1. The van der Waals surface area contributed by atoms with Crippen LogP contribution in [0, 0.1) is 0 Å². The monoisotopic (exact) mass is 573 g/mol. The van der Waals surface area contributed by atoms with Gasteiger partial charge in [-0.2, -0.15) is 0 Å². The third kappa shape index (κ3) is 6.84. The number of methoxy groups -OCH3 is 1. The molecule has 2 amide bonds. The molecule has 5 aromatic rings. The Balaban J connectivity index is 1.47. The molecule has 2 atom stereocenters. The summed E-state index contributed by atoms with van der Waals surface area (Å²) in [4.78, 5) is 44.5. The highest BCUT2D eigenvalue weighted by Gasteiger charge is 2.49. The van der Waals surface area contributed by atoms with Crippen LogP contribution in [-0.4, -0.2) is 42.0 Å². The first-order valence-electron chi connectivity index (χ1n) is 14.4. The number of benzene rings is 4. The zero-order valence-electron chi connectivity index (χ0n) is 24.1. The molecular weight excluding hydrogens is 538 g/mol. The van der Waals surface area contributed by atoms with E-state index in [0.29, 0.717) is 18.5 Å². The lowest BCUT2D eigenvalue weighted by molar-refractivity contribution is -0.149. The molecule has 3 N–H and O–H groups in total. The van der Waals surface area contributed by atoms with Crippen molar-refractivity contribution in [1.29, 1.82) is 0 Å². The highest BCUT2D eigenvalue weighted by Crippen LogP contribution is 2.36. The van der Waals surface area contributed by atoms with Crippen LogP contribution in [0.4, 0.5) is 0 Å². The molecule has 4 aromatic carbocycles. The van der Waals surface area contributed by atoms with Crippen molar-refractivity contribution in [2.45, 2.75) is 30.7 Å². The minimum Gasteiger partial charge on any atom is -0.467 e. The van der Waals surface area contributed by atoms with Crippen molar-refractivity contribution in [2.75, 3.05) is 13.7 Å². The fourth-order valence-electron chi connectivity index (χ4n) is 5.68. The summed E-state index contributed by atoms with van der Waals surface area (Å²) in [6.07, 6.45) is 2.68. The summed E-state index contributed by atoms with van der Waals surface area (Å²) in [5.41, 5.74) is 2.53. The molecule has 1 aromatic heterocycles. The Hall–Kier alpha value is -5.17. The Morgan fingerprint density at radius 3 is 2.14 bits per heavy atom. The molecule has 0 radical (unpaired) electrons. The Bertz CT molecular complexity index is 1670. The van der Waals surface area contributed by atoms with Gasteiger partial charge in [-0.15, -0.1) is 0 Å². The van der Waals surface area contributed by atoms with E-state index in [1.54, 1.807) is 24.3 Å². The van der Waals surface area contributed by atoms with E-state index >= 15 is 0 Å². The molecule has 0 aliphatic rings. The molecule has 7 heteroatoms. The van der Waals surface area contributed by atoms with Crippen molar-refractivity contribution < 1.29 is 19.1 Å². The Morgan fingerprint density at radius 2 is 1.44 bits per heavy atom. The molecule has 0 bridgehead atoms. The first-order valence-corrected chi connectivity index (χ1v) is 14.4. The first-order chi connectivity index (χ1) is 21.0. The molecule has 0 aliphatic carbocycles. The summed E-state index contributed by atoms with van der Waals surface area (Å²) in [7, 11) is 1.31. The van der Waals surface area contributed by atoms with Crippen molar-refractivity contribution in [1.82, 2.24) is 15.6 Å². The average molecular weight is 574 g/mol. The van der Waals surface area contributed by atoms with Gasteiger partial charge in [-0.25, -0.2) is 4.79 Å². The smallest absolute Gasteiger partial charge is 0.332 e. The van der Waals surface area contributed by atoms with E-state index in [1.165, 1.54) is 7.11 Å². The van der Waals surface area contributed by atoms with Gasteiger partial charge in [0.1, 0.15) is 5.54 Å². The molecule has 5 rings (SSSR count). The summed E-state index contributed by atoms with van der Waals surface area (Å²) in [6, 6.07) is 35.6. The van der Waals surface area contributed by atoms with Crippen LogP contribution in [0.3, 0.4) is 0 Å². The summed E-state index contributed by atoms with van der Waals surface area (Å²) < 4.78 is 5.39. The Morgan fingerprint density at radius 1 is 0.814 bits per heavy atom. The lowest BCUT2D eigenvalue weighted by atomic mass is 9.73. The fourth-order valence-corrected chi connectivity index (χ4v) is 5.68. The molecule has 7 nitrogen and oxygen atoms in total. The number of ether oxygens (including phenoxy) is 1. The van der Waals surface area contributed by atoms with Gasteiger partial charge in [0.15, 0.2) is 0 Å². The van der Waals surface area contributed by atoms with E-state index in [9.17, 15) is 14.4 Å². The number of amides is 2. The molecule has 0 fully saturated rings. The van der Waals surface area contributed by atoms with Gasteiger partial charge < -0.3 is 20.4 Å². The molecule has 1 heterocycles. The second-order valence-electron chi connectivity index (χ2n) is 10.6. The van der Waals surface area contributed by atoms with Crippen LogP contribution in [0.25, 0.3) is 10.9 Å². The van der Waals surface area contributed by atoms with E-state index in [2.05, 4.69) is 21.7 Å². The number of fused-ring (bicyclic) bond motifs is 1. The molecule has 218 valence electrons. The standard InChI is InChI=1S/C36H35N3O4/c1-43-35(42)36(24-26-13-5-2-6-14-26,39-34(41)28-17-9-4-10-18-28)31(27-15-7-3-8-16-27)23-33(40)37-22-21-29-25-38-32-20-12-11-19-30(29)32/h2-20,25,31,38H,21-24H2,1H3,(H,37,40)(H,39,41)/t31-,36+/m1/s1. The number of nitrogens with one attached hydrogen (secondary N) is 3. The Kier molecular flexibility index (Phi) is 9.32. The summed E-state index contributed by atoms with van der Waals surface area (Å²) in [5, 5.41) is 7.22. The molecule has 0 unspecified atom stereocenters. The number of H-pyrrole nitrogens is 1. The van der Waals surface area contributed by atoms with Crippen LogP contribution in [-0.2, 0) is 27.2 Å². The number of hydrogen-bond donors (Lipinski definition) is 3. The highest BCUT2D eigenvalue weighted by molar-refractivity contribution is 5.99. The van der Waals surface area contributed by atoms with Gasteiger partial charge in [0.2, 0.25) is 5.91 Å². The lowest BCUT2D eigenvalue weighted by Gasteiger charge is -2.39. The molecule has 0 aliphatic heterocycles. The number of para-hydroxylation sites is 1. The molecule has 0 saturated carbocycles. The van der Waals surface area contributed by atoms with Gasteiger partial charge >= 0.3 is 5.97 Å². The number of hydrogen-bond acceptors (Lipinski definition) is 4. The minimum atomic E-state index is -1.58. The maximum absolute atomic E-state index is 13.9. The molecule has 43 heavy (non-hydrogen) atoms. The topological polar surface area (TPSA) is 100 Å². The summed E-state index contributed by atoms with van der Waals surface area (Å²) in [5.74, 6) is -2.02. The van der Waals surface area contributed by atoms with Gasteiger partial charge in [0, 0.05) is 48.0 Å². The van der Waals surface area contributed by atoms with Gasteiger partial charge in [0.25, 0.3) is 5.91 Å². The first kappa shape index (κ1) is 29.3. The van der Waals surface area contributed by atoms with Gasteiger partial charge in [0.05, 0.1) is 7.11 Å². The van der Waals surface area contributed by atoms with Crippen LogP contribution in [0.1, 0.15) is 39.4 Å². The maximum Gasteiger partial charge on any atom is 0.332 e. The SMILES string of the molecule is COC(=O)[C@@](Cc1ccccc1)(NC(=O)c1ccccc1)[C@H](CC(=O)NCCc1c[nH]c2ccccc12)c1ccccc1. The third-order valence-electron chi connectivity index (χ3n) is 7.83. The predicted octanol–water partition coefficient (Wildman–Crippen LogP) is 5.59. The molecule has 0 saturated heterocycles. The number of carbonyl (C=O) groups is 3. The number of esters is 1. The van der Waals surface area contributed by atoms with E-state index in [0.717, 1.165) is 27.6 Å². The molecular formula is C36H35N3O4. The average Bonchev–Trinajstić information content (AvgIpc) is 3.47. The van der Waals surface area contributed by atoms with E-state index in [1.807, 2.05) is 91.1 Å². The van der Waals surface area contributed by atoms with E-state index in [4.69, 9.17) is 4.74 Å². The van der Waals surface area contributed by atoms with Gasteiger partial charge in [-0.1, -0.05) is 97.1 Å². The van der Waals surface area contributed by atoms with Crippen molar-refractivity contribution in [2.24, 2.45) is 0 Å². The second-order valence-corrected chi connectivity index (χ2v) is 10.6. The van der Waals surface area contributed by atoms with Crippen LogP contribution < -0.4 is 10.6 Å². The van der Waals surface area contributed by atoms with E-state index in [-0.39, 0.29) is 18.7 Å². The second kappa shape index (κ2) is 13.7. The van der Waals surface area contributed by atoms with Crippen molar-refractivity contribution >= 4 is 28.7 Å². The normalized spacial score (nSPS) is 13.0. The van der Waals surface area contributed by atoms with Crippen molar-refractivity contribution in [3.63, 3.8) is 0 Å². The summed E-state index contributed by atoms with van der Waals surface area (Å²) >= 11 is 0. The van der Waals surface area contributed by atoms with Crippen LogP contribution in [0.2, 0.25) is 0 Å². The van der Waals surface area contributed by atoms with Crippen LogP contribution >= 0.6 is 0 Å². The lowest BCUT2D eigenvalue weighted by Crippen LogP contribution is -2.61. The zero-order chi connectivity index (χ0) is 30.1. The van der Waals surface area contributed by atoms with Crippen LogP contribution in [0.5, 0.6) is 0 Å². The van der Waals surface area contributed by atoms with Crippen molar-refractivity contribution in [3.05, 3.63) is 144 Å². The van der Waals surface area contributed by atoms with Gasteiger partial charge in [-0.3, -0.25) is 9.59 Å². The van der Waals surface area contributed by atoms with Crippen molar-refractivity contribution in [3.8, 4) is 0 Å². The quantitative estimate of drug-likeness (QED) is 0.170. The number of rotatable bonds is 12. The largest absolute Gasteiger partial charge is 0.467 e. The summed E-state index contributed by atoms with van der Waals surface area (Å²) in [6.45, 7) is 0.419. The maximum atomic E-state index is 13.9. The number of carbonyl (C=O) groups excluding carboxylic acids is 3. The predicted molar refractivity (Wildman–Crippen MR) is 168 cm³/mol. The number of aromatic nitrogens is 1. The van der Waals surface area contributed by atoms with Gasteiger partial charge in [-0.05, 0) is 41.3 Å². The van der Waals surface area contributed by atoms with Crippen LogP contribution in [0.15, 0.2) is 121 Å². The zero-order valence-corrected chi connectivity index (χ0v) is 24.1. The Labute approximate surface area is 251 Å².